The van der Waals surface area contributed by atoms with Crippen LogP contribution in [-0.4, -0.2) is 11.6 Å². The van der Waals surface area contributed by atoms with Crippen molar-refractivity contribution >= 4 is 23.2 Å². The summed E-state index contributed by atoms with van der Waals surface area (Å²) in [6.45, 7) is 2.57. The second kappa shape index (κ2) is 6.64. The Labute approximate surface area is 122 Å². The largest absolute Gasteiger partial charge is 0.494 e. The van der Waals surface area contributed by atoms with Crippen LogP contribution < -0.4 is 9.47 Å². The topological polar surface area (TPSA) is 31.4 Å². The Bertz CT molecular complexity index is 544. The number of rotatable bonds is 5. The maximum absolute atomic E-state index is 6.07. The van der Waals surface area contributed by atoms with Crippen LogP contribution in [0.25, 0.3) is 0 Å². The number of halogens is 2. The number of aromatic nitrogens is 1. The summed E-state index contributed by atoms with van der Waals surface area (Å²) in [4.78, 5) is 4.13. The third-order valence-corrected chi connectivity index (χ3v) is 2.95. The molecule has 0 fully saturated rings. The van der Waals surface area contributed by atoms with Gasteiger partial charge in [0.05, 0.1) is 6.61 Å². The van der Waals surface area contributed by atoms with Crippen molar-refractivity contribution in [1.29, 1.82) is 0 Å². The molecular weight excluding hydrogens is 285 g/mol. The summed E-state index contributed by atoms with van der Waals surface area (Å²) in [5.41, 5.74) is 0.853. The van der Waals surface area contributed by atoms with E-state index in [1.165, 1.54) is 0 Å². The standard InChI is InChI=1S/C14H13Cl2NO2/c1-2-18-11-3-5-12(6-4-11)19-14-13(16)7-10(8-15)9-17-14/h3-7,9H,2,8H2,1H3. The molecule has 0 spiro atoms. The zero-order valence-corrected chi connectivity index (χ0v) is 11.9. The van der Waals surface area contributed by atoms with Gasteiger partial charge in [-0.1, -0.05) is 11.6 Å². The number of pyridine rings is 1. The molecule has 2 rings (SSSR count). The Morgan fingerprint density at radius 2 is 1.84 bits per heavy atom. The molecule has 1 aromatic heterocycles. The molecule has 1 aromatic carbocycles. The first-order chi connectivity index (χ1) is 9.22. The van der Waals surface area contributed by atoms with Gasteiger partial charge < -0.3 is 9.47 Å². The predicted octanol–water partition coefficient (Wildman–Crippen LogP) is 4.66. The minimum absolute atomic E-state index is 0.361. The Hall–Kier alpha value is -1.45. The maximum atomic E-state index is 6.07. The number of ether oxygens (including phenoxy) is 2. The van der Waals surface area contributed by atoms with Gasteiger partial charge in [-0.25, -0.2) is 4.98 Å². The van der Waals surface area contributed by atoms with Crippen LogP contribution in [0.1, 0.15) is 12.5 Å². The monoisotopic (exact) mass is 297 g/mol. The van der Waals surface area contributed by atoms with Crippen molar-refractivity contribution < 1.29 is 9.47 Å². The SMILES string of the molecule is CCOc1ccc(Oc2ncc(CCl)cc2Cl)cc1. The fourth-order valence-corrected chi connectivity index (χ4v) is 1.87. The van der Waals surface area contributed by atoms with Gasteiger partial charge >= 0.3 is 0 Å². The predicted molar refractivity (Wildman–Crippen MR) is 76.5 cm³/mol. The van der Waals surface area contributed by atoms with Gasteiger partial charge in [0.15, 0.2) is 0 Å². The molecule has 0 radical (unpaired) electrons. The molecule has 100 valence electrons. The first-order valence-corrected chi connectivity index (χ1v) is 6.75. The molecule has 0 N–H and O–H groups in total. The maximum Gasteiger partial charge on any atom is 0.238 e. The number of benzene rings is 1. The molecular formula is C14H13Cl2NO2. The van der Waals surface area contributed by atoms with Crippen molar-refractivity contribution in [3.8, 4) is 17.4 Å². The summed E-state index contributed by atoms with van der Waals surface area (Å²) in [5.74, 6) is 2.18. The Morgan fingerprint density at radius 1 is 1.16 bits per heavy atom. The summed E-state index contributed by atoms with van der Waals surface area (Å²) in [6.07, 6.45) is 1.64. The quantitative estimate of drug-likeness (QED) is 0.752. The minimum Gasteiger partial charge on any atom is -0.494 e. The van der Waals surface area contributed by atoms with Gasteiger partial charge in [-0.2, -0.15) is 0 Å². The van der Waals surface area contributed by atoms with E-state index in [2.05, 4.69) is 4.98 Å². The van der Waals surface area contributed by atoms with E-state index in [1.807, 2.05) is 19.1 Å². The van der Waals surface area contributed by atoms with Crippen molar-refractivity contribution in [3.63, 3.8) is 0 Å². The molecule has 0 unspecified atom stereocenters. The highest BCUT2D eigenvalue weighted by atomic mass is 35.5. The minimum atomic E-state index is 0.361. The van der Waals surface area contributed by atoms with Gasteiger partial charge in [-0.05, 0) is 42.8 Å². The fourth-order valence-electron chi connectivity index (χ4n) is 1.50. The lowest BCUT2D eigenvalue weighted by atomic mass is 10.3. The third-order valence-electron chi connectivity index (χ3n) is 2.37. The number of nitrogens with zero attached hydrogens (tertiary/aromatic N) is 1. The number of alkyl halides is 1. The van der Waals surface area contributed by atoms with Crippen molar-refractivity contribution in [2.75, 3.05) is 6.61 Å². The van der Waals surface area contributed by atoms with Gasteiger partial charge in [0.25, 0.3) is 0 Å². The molecule has 0 aliphatic rings. The van der Waals surface area contributed by atoms with Crippen LogP contribution in [0.5, 0.6) is 17.4 Å². The Kier molecular flexibility index (Phi) is 4.88. The van der Waals surface area contributed by atoms with E-state index in [-0.39, 0.29) is 0 Å². The summed E-state index contributed by atoms with van der Waals surface area (Å²) in [6, 6.07) is 9.02. The van der Waals surface area contributed by atoms with Crippen LogP contribution >= 0.6 is 23.2 Å². The lowest BCUT2D eigenvalue weighted by molar-refractivity contribution is 0.339. The summed E-state index contributed by atoms with van der Waals surface area (Å²) in [7, 11) is 0. The van der Waals surface area contributed by atoms with Gasteiger partial charge in [-0.15, -0.1) is 11.6 Å². The van der Waals surface area contributed by atoms with E-state index < -0.39 is 0 Å². The fraction of sp³-hybridized carbons (Fsp3) is 0.214. The van der Waals surface area contributed by atoms with Crippen LogP contribution in [0.2, 0.25) is 5.02 Å². The molecule has 3 nitrogen and oxygen atoms in total. The van der Waals surface area contributed by atoms with Gasteiger partial charge in [0, 0.05) is 12.1 Å². The Balaban J connectivity index is 2.12. The van der Waals surface area contributed by atoms with E-state index >= 15 is 0 Å². The average Bonchev–Trinajstić information content (AvgIpc) is 2.43. The molecule has 0 bridgehead atoms. The molecule has 0 aliphatic heterocycles. The van der Waals surface area contributed by atoms with Crippen LogP contribution in [0, 0.1) is 0 Å². The zero-order valence-electron chi connectivity index (χ0n) is 10.4. The van der Waals surface area contributed by atoms with E-state index in [9.17, 15) is 0 Å². The van der Waals surface area contributed by atoms with Crippen molar-refractivity contribution in [2.24, 2.45) is 0 Å². The zero-order chi connectivity index (χ0) is 13.7. The molecule has 0 atom stereocenters. The van der Waals surface area contributed by atoms with Crippen LogP contribution in [0.15, 0.2) is 36.5 Å². The van der Waals surface area contributed by atoms with Gasteiger partial charge in [0.2, 0.25) is 5.88 Å². The van der Waals surface area contributed by atoms with Gasteiger partial charge in [0.1, 0.15) is 16.5 Å². The molecule has 0 amide bonds. The first kappa shape index (κ1) is 14.0. The summed E-state index contributed by atoms with van der Waals surface area (Å²) < 4.78 is 11.0. The van der Waals surface area contributed by atoms with Crippen LogP contribution in [-0.2, 0) is 5.88 Å². The van der Waals surface area contributed by atoms with E-state index in [0.29, 0.717) is 29.1 Å². The summed E-state index contributed by atoms with van der Waals surface area (Å²) in [5, 5.41) is 0.437. The second-order valence-electron chi connectivity index (χ2n) is 3.77. The normalized spacial score (nSPS) is 10.3. The lowest BCUT2D eigenvalue weighted by Gasteiger charge is -2.08. The third kappa shape index (κ3) is 3.75. The number of hydrogen-bond acceptors (Lipinski definition) is 3. The van der Waals surface area contributed by atoms with E-state index in [4.69, 9.17) is 32.7 Å². The van der Waals surface area contributed by atoms with Crippen LogP contribution in [0.3, 0.4) is 0 Å². The Morgan fingerprint density at radius 3 is 2.42 bits per heavy atom. The molecule has 2 aromatic rings. The smallest absolute Gasteiger partial charge is 0.238 e. The molecule has 5 heteroatoms. The molecule has 0 saturated carbocycles. The highest BCUT2D eigenvalue weighted by Crippen LogP contribution is 2.29. The highest BCUT2D eigenvalue weighted by Gasteiger charge is 2.06. The molecule has 1 heterocycles. The molecule has 0 aliphatic carbocycles. The lowest BCUT2D eigenvalue weighted by Crippen LogP contribution is -1.93. The van der Waals surface area contributed by atoms with Crippen molar-refractivity contribution in [1.82, 2.24) is 4.98 Å². The average molecular weight is 298 g/mol. The molecule has 0 saturated heterocycles. The summed E-state index contributed by atoms with van der Waals surface area (Å²) >= 11 is 11.8. The van der Waals surface area contributed by atoms with E-state index in [0.717, 1.165) is 11.3 Å². The first-order valence-electron chi connectivity index (χ1n) is 5.84. The van der Waals surface area contributed by atoms with Gasteiger partial charge in [-0.3, -0.25) is 0 Å². The van der Waals surface area contributed by atoms with E-state index in [1.54, 1.807) is 24.4 Å². The second-order valence-corrected chi connectivity index (χ2v) is 4.45. The highest BCUT2D eigenvalue weighted by molar-refractivity contribution is 6.32. The van der Waals surface area contributed by atoms with Crippen molar-refractivity contribution in [2.45, 2.75) is 12.8 Å². The van der Waals surface area contributed by atoms with Crippen molar-refractivity contribution in [3.05, 3.63) is 47.1 Å². The van der Waals surface area contributed by atoms with Crippen LogP contribution in [0.4, 0.5) is 0 Å². The molecule has 19 heavy (non-hydrogen) atoms. The number of hydrogen-bond donors (Lipinski definition) is 0.